The molecule has 1 N–H and O–H groups in total. The normalized spacial score (nSPS) is 21.0. The molecule has 0 saturated heterocycles. The minimum atomic E-state index is -0.724. The summed E-state index contributed by atoms with van der Waals surface area (Å²) in [6.45, 7) is 0.746. The molecule has 0 amide bonds. The van der Waals surface area contributed by atoms with Gasteiger partial charge in [0.25, 0.3) is 0 Å². The molecular formula is C17H21BrO3. The van der Waals surface area contributed by atoms with E-state index in [0.29, 0.717) is 5.92 Å². The van der Waals surface area contributed by atoms with Crippen molar-refractivity contribution in [2.75, 3.05) is 6.61 Å². The molecule has 0 bridgehead atoms. The molecule has 0 aliphatic heterocycles. The first-order valence-electron chi connectivity index (χ1n) is 7.77. The summed E-state index contributed by atoms with van der Waals surface area (Å²) in [5, 5.41) is 9.71. The highest BCUT2D eigenvalue weighted by atomic mass is 79.9. The zero-order valence-electron chi connectivity index (χ0n) is 12.1. The SMILES string of the molecule is O=C(O)C1(c2cc(Br)cc(OCC3CCC3)c2)CCCC1. The summed E-state index contributed by atoms with van der Waals surface area (Å²) in [7, 11) is 0. The number of halogens is 1. The van der Waals surface area contributed by atoms with E-state index in [-0.39, 0.29) is 0 Å². The number of carbonyl (C=O) groups is 1. The molecule has 0 aromatic heterocycles. The van der Waals surface area contributed by atoms with E-state index in [4.69, 9.17) is 4.74 Å². The second-order valence-electron chi connectivity index (χ2n) is 6.38. The van der Waals surface area contributed by atoms with Crippen LogP contribution in [-0.2, 0) is 10.2 Å². The Hall–Kier alpha value is -1.03. The van der Waals surface area contributed by atoms with Gasteiger partial charge < -0.3 is 9.84 Å². The van der Waals surface area contributed by atoms with Gasteiger partial charge in [0.1, 0.15) is 5.75 Å². The number of aliphatic carboxylic acids is 1. The van der Waals surface area contributed by atoms with Crippen molar-refractivity contribution in [2.45, 2.75) is 50.4 Å². The standard InChI is InChI=1S/C17H21BrO3/c18-14-8-13(17(16(19)20)6-1-2-7-17)9-15(10-14)21-11-12-4-3-5-12/h8-10,12H,1-7,11H2,(H,19,20). The predicted octanol–water partition coefficient (Wildman–Crippen LogP) is 4.52. The van der Waals surface area contributed by atoms with Gasteiger partial charge in [0.15, 0.2) is 0 Å². The fourth-order valence-electron chi connectivity index (χ4n) is 3.40. The van der Waals surface area contributed by atoms with Gasteiger partial charge in [-0.1, -0.05) is 35.2 Å². The molecule has 114 valence electrons. The van der Waals surface area contributed by atoms with E-state index in [1.807, 2.05) is 18.2 Å². The first kappa shape index (κ1) is 14.9. The summed E-state index contributed by atoms with van der Waals surface area (Å²) < 4.78 is 6.79. The van der Waals surface area contributed by atoms with Gasteiger partial charge >= 0.3 is 5.97 Å². The van der Waals surface area contributed by atoms with Crippen LogP contribution in [0.1, 0.15) is 50.5 Å². The van der Waals surface area contributed by atoms with E-state index in [1.165, 1.54) is 19.3 Å². The second-order valence-corrected chi connectivity index (χ2v) is 7.29. The molecule has 2 saturated carbocycles. The number of carboxylic acids is 1. The predicted molar refractivity (Wildman–Crippen MR) is 84.8 cm³/mol. The Morgan fingerprint density at radius 1 is 1.24 bits per heavy atom. The number of benzene rings is 1. The smallest absolute Gasteiger partial charge is 0.314 e. The lowest BCUT2D eigenvalue weighted by Gasteiger charge is -2.27. The highest BCUT2D eigenvalue weighted by molar-refractivity contribution is 9.10. The molecule has 0 unspecified atom stereocenters. The summed E-state index contributed by atoms with van der Waals surface area (Å²) in [4.78, 5) is 11.8. The summed E-state index contributed by atoms with van der Waals surface area (Å²) in [6, 6.07) is 5.81. The highest BCUT2D eigenvalue weighted by Gasteiger charge is 2.43. The van der Waals surface area contributed by atoms with Crippen LogP contribution in [0.25, 0.3) is 0 Å². The Labute approximate surface area is 133 Å². The van der Waals surface area contributed by atoms with Crippen LogP contribution in [0.15, 0.2) is 22.7 Å². The van der Waals surface area contributed by atoms with Gasteiger partial charge in [0, 0.05) is 4.47 Å². The van der Waals surface area contributed by atoms with E-state index < -0.39 is 11.4 Å². The fourth-order valence-corrected chi connectivity index (χ4v) is 3.87. The summed E-state index contributed by atoms with van der Waals surface area (Å²) in [5.41, 5.74) is 0.156. The van der Waals surface area contributed by atoms with Crippen molar-refractivity contribution in [3.05, 3.63) is 28.2 Å². The molecule has 0 spiro atoms. The third-order valence-corrected chi connectivity index (χ3v) is 5.46. The molecule has 21 heavy (non-hydrogen) atoms. The summed E-state index contributed by atoms with van der Waals surface area (Å²) in [6.07, 6.45) is 7.22. The lowest BCUT2D eigenvalue weighted by molar-refractivity contribution is -0.143. The zero-order valence-corrected chi connectivity index (χ0v) is 13.7. The van der Waals surface area contributed by atoms with Crippen molar-refractivity contribution in [3.63, 3.8) is 0 Å². The maximum Gasteiger partial charge on any atom is 0.314 e. The van der Waals surface area contributed by atoms with Crippen molar-refractivity contribution >= 4 is 21.9 Å². The van der Waals surface area contributed by atoms with Crippen molar-refractivity contribution in [1.29, 1.82) is 0 Å². The topological polar surface area (TPSA) is 46.5 Å². The lowest BCUT2D eigenvalue weighted by Crippen LogP contribution is -2.32. The first-order valence-corrected chi connectivity index (χ1v) is 8.57. The second kappa shape index (κ2) is 5.99. The van der Waals surface area contributed by atoms with Gasteiger partial charge in [-0.3, -0.25) is 4.79 Å². The van der Waals surface area contributed by atoms with Gasteiger partial charge in [-0.15, -0.1) is 0 Å². The average Bonchev–Trinajstić information content (AvgIpc) is 2.86. The van der Waals surface area contributed by atoms with Gasteiger partial charge in [-0.2, -0.15) is 0 Å². The summed E-state index contributed by atoms with van der Waals surface area (Å²) >= 11 is 3.50. The third-order valence-electron chi connectivity index (χ3n) is 5.00. The maximum absolute atomic E-state index is 11.8. The van der Waals surface area contributed by atoms with Gasteiger partial charge in [-0.25, -0.2) is 0 Å². The fraction of sp³-hybridized carbons (Fsp3) is 0.588. The Kier molecular flexibility index (Phi) is 4.25. The Morgan fingerprint density at radius 2 is 1.95 bits per heavy atom. The highest BCUT2D eigenvalue weighted by Crippen LogP contribution is 2.43. The minimum Gasteiger partial charge on any atom is -0.493 e. The molecule has 2 aliphatic carbocycles. The van der Waals surface area contributed by atoms with Crippen molar-refractivity contribution in [2.24, 2.45) is 5.92 Å². The van der Waals surface area contributed by atoms with E-state index >= 15 is 0 Å². The molecular weight excluding hydrogens is 332 g/mol. The van der Waals surface area contributed by atoms with Crippen LogP contribution in [0.4, 0.5) is 0 Å². The molecule has 4 heteroatoms. The zero-order chi connectivity index (χ0) is 14.9. The van der Waals surface area contributed by atoms with Crippen LogP contribution in [0.2, 0.25) is 0 Å². The number of rotatable bonds is 5. The number of carboxylic acid groups (broad SMARTS) is 1. The van der Waals surface area contributed by atoms with Crippen LogP contribution in [0.5, 0.6) is 5.75 Å². The van der Waals surface area contributed by atoms with E-state index in [2.05, 4.69) is 15.9 Å². The van der Waals surface area contributed by atoms with Gasteiger partial charge in [0.2, 0.25) is 0 Å². The van der Waals surface area contributed by atoms with Crippen LogP contribution in [0, 0.1) is 5.92 Å². The van der Waals surface area contributed by atoms with E-state index in [0.717, 1.165) is 48.1 Å². The van der Waals surface area contributed by atoms with Crippen molar-refractivity contribution in [1.82, 2.24) is 0 Å². The van der Waals surface area contributed by atoms with E-state index in [9.17, 15) is 9.90 Å². The molecule has 0 heterocycles. The van der Waals surface area contributed by atoms with Crippen LogP contribution in [-0.4, -0.2) is 17.7 Å². The molecule has 3 rings (SSSR count). The monoisotopic (exact) mass is 352 g/mol. The Balaban J connectivity index is 1.83. The molecule has 1 aromatic carbocycles. The van der Waals surface area contributed by atoms with E-state index in [1.54, 1.807) is 0 Å². The maximum atomic E-state index is 11.8. The molecule has 0 radical (unpaired) electrons. The molecule has 0 atom stereocenters. The number of hydrogen-bond acceptors (Lipinski definition) is 2. The number of ether oxygens (including phenoxy) is 1. The molecule has 3 nitrogen and oxygen atoms in total. The average molecular weight is 353 g/mol. The Bertz CT molecular complexity index is 531. The summed E-state index contributed by atoms with van der Waals surface area (Å²) in [5.74, 6) is 0.759. The molecule has 2 fully saturated rings. The van der Waals surface area contributed by atoms with Crippen LogP contribution < -0.4 is 4.74 Å². The lowest BCUT2D eigenvalue weighted by atomic mass is 9.79. The van der Waals surface area contributed by atoms with Gasteiger partial charge in [-0.05, 0) is 55.4 Å². The number of hydrogen-bond donors (Lipinski definition) is 1. The third kappa shape index (κ3) is 2.96. The Morgan fingerprint density at radius 3 is 2.52 bits per heavy atom. The first-order chi connectivity index (χ1) is 10.1. The van der Waals surface area contributed by atoms with Gasteiger partial charge in [0.05, 0.1) is 12.0 Å². The molecule has 2 aliphatic rings. The van der Waals surface area contributed by atoms with Crippen molar-refractivity contribution in [3.8, 4) is 5.75 Å². The van der Waals surface area contributed by atoms with Crippen molar-refractivity contribution < 1.29 is 14.6 Å². The largest absolute Gasteiger partial charge is 0.493 e. The molecule has 1 aromatic rings. The van der Waals surface area contributed by atoms with Crippen LogP contribution in [0.3, 0.4) is 0 Å². The minimum absolute atomic E-state index is 0.673. The quantitative estimate of drug-likeness (QED) is 0.846. The van der Waals surface area contributed by atoms with Crippen LogP contribution >= 0.6 is 15.9 Å².